The second kappa shape index (κ2) is 5.67. The summed E-state index contributed by atoms with van der Waals surface area (Å²) >= 11 is 0. The molecule has 0 unspecified atom stereocenters. The Balaban J connectivity index is 1.76. The van der Waals surface area contributed by atoms with Crippen molar-refractivity contribution in [2.45, 2.75) is 25.4 Å². The van der Waals surface area contributed by atoms with Gasteiger partial charge in [-0.15, -0.1) is 0 Å². The number of amides is 1. The molecule has 1 aliphatic heterocycles. The van der Waals surface area contributed by atoms with Crippen LogP contribution in [0.15, 0.2) is 24.3 Å². The summed E-state index contributed by atoms with van der Waals surface area (Å²) < 4.78 is 12.7. The van der Waals surface area contributed by atoms with Crippen LogP contribution in [0.2, 0.25) is 0 Å². The molecule has 0 atom stereocenters. The van der Waals surface area contributed by atoms with E-state index in [-0.39, 0.29) is 18.3 Å². The Morgan fingerprint density at radius 2 is 2.05 bits per heavy atom. The Hall–Kier alpha value is -1.46. The maximum absolute atomic E-state index is 12.7. The summed E-state index contributed by atoms with van der Waals surface area (Å²) in [7, 11) is 0. The predicted molar refractivity (Wildman–Crippen MR) is 71.3 cm³/mol. The molecule has 1 amide bonds. The first kappa shape index (κ1) is 14.0. The number of benzene rings is 1. The molecule has 1 aromatic rings. The van der Waals surface area contributed by atoms with Gasteiger partial charge in [-0.1, -0.05) is 13.3 Å². The van der Waals surface area contributed by atoms with Gasteiger partial charge in [0.05, 0.1) is 12.1 Å². The summed E-state index contributed by atoms with van der Waals surface area (Å²) in [6, 6.07) is 5.66. The van der Waals surface area contributed by atoms with E-state index in [0.717, 1.165) is 12.8 Å². The normalized spacial score (nSPS) is 17.8. The van der Waals surface area contributed by atoms with Crippen LogP contribution >= 0.6 is 0 Å². The number of carbonyl (C=O) groups excluding carboxylic acids is 1. The third-order valence-corrected chi connectivity index (χ3v) is 3.25. The van der Waals surface area contributed by atoms with Gasteiger partial charge in [-0.25, -0.2) is 4.39 Å². The number of likely N-dealkylation sites (tertiary alicyclic amines) is 1. The lowest BCUT2D eigenvalue weighted by Crippen LogP contribution is -2.62. The molecule has 1 aliphatic rings. The fourth-order valence-electron chi connectivity index (χ4n) is 2.46. The lowest BCUT2D eigenvalue weighted by molar-refractivity contribution is -0.129. The number of carbonyl (C=O) groups is 1. The molecule has 2 rings (SSSR count). The fourth-order valence-corrected chi connectivity index (χ4v) is 2.46. The first-order valence-electron chi connectivity index (χ1n) is 6.51. The van der Waals surface area contributed by atoms with Gasteiger partial charge in [-0.3, -0.25) is 9.69 Å². The average Bonchev–Trinajstić information content (AvgIpc) is 2.30. The molecule has 1 heterocycles. The molecule has 0 bridgehead atoms. The molecule has 0 spiro atoms. The van der Waals surface area contributed by atoms with Crippen LogP contribution in [0.25, 0.3) is 0 Å². The standard InChI is InChI=1S/C14H19FN2O2/c1-2-7-14(19)9-17(10-14)8-13(18)16-12-5-3-11(15)4-6-12/h3-6,19H,2,7-10H2,1H3,(H,16,18). The van der Waals surface area contributed by atoms with Gasteiger partial charge in [0.2, 0.25) is 5.91 Å². The number of halogens is 1. The molecule has 0 radical (unpaired) electrons. The lowest BCUT2D eigenvalue weighted by atomic mass is 9.89. The van der Waals surface area contributed by atoms with Crippen molar-refractivity contribution in [2.24, 2.45) is 0 Å². The SMILES string of the molecule is CCCC1(O)CN(CC(=O)Nc2ccc(F)cc2)C1. The molecule has 4 nitrogen and oxygen atoms in total. The Labute approximate surface area is 112 Å². The Morgan fingerprint density at radius 1 is 1.42 bits per heavy atom. The zero-order chi connectivity index (χ0) is 13.9. The van der Waals surface area contributed by atoms with Gasteiger partial charge in [0.25, 0.3) is 0 Å². The van der Waals surface area contributed by atoms with Crippen LogP contribution < -0.4 is 5.32 Å². The number of β-amino-alcohol motifs (C(OH)–C–C–N with tert-alkyl or cyclic N) is 1. The number of nitrogens with one attached hydrogen (secondary N) is 1. The molecule has 1 aromatic carbocycles. The van der Waals surface area contributed by atoms with Gasteiger partial charge in [0.15, 0.2) is 0 Å². The maximum atomic E-state index is 12.7. The smallest absolute Gasteiger partial charge is 0.238 e. The number of hydrogen-bond donors (Lipinski definition) is 2. The van der Waals surface area contributed by atoms with E-state index in [1.807, 2.05) is 11.8 Å². The Kier molecular flexibility index (Phi) is 4.17. The van der Waals surface area contributed by atoms with Crippen LogP contribution in [-0.4, -0.2) is 41.1 Å². The van der Waals surface area contributed by atoms with Crippen LogP contribution in [0, 0.1) is 5.82 Å². The summed E-state index contributed by atoms with van der Waals surface area (Å²) in [6.07, 6.45) is 1.70. The topological polar surface area (TPSA) is 52.6 Å². The van der Waals surface area contributed by atoms with Gasteiger partial charge < -0.3 is 10.4 Å². The zero-order valence-electron chi connectivity index (χ0n) is 11.0. The van der Waals surface area contributed by atoms with Crippen molar-refractivity contribution in [2.75, 3.05) is 25.0 Å². The monoisotopic (exact) mass is 266 g/mol. The first-order valence-corrected chi connectivity index (χ1v) is 6.51. The summed E-state index contributed by atoms with van der Waals surface area (Å²) in [5.74, 6) is -0.476. The molecule has 19 heavy (non-hydrogen) atoms. The van der Waals surface area contributed by atoms with Crippen LogP contribution in [0.3, 0.4) is 0 Å². The molecule has 104 valence electrons. The second-order valence-electron chi connectivity index (χ2n) is 5.17. The molecule has 1 saturated heterocycles. The summed E-state index contributed by atoms with van der Waals surface area (Å²) in [5, 5.41) is 12.7. The molecule has 1 fully saturated rings. The molecular weight excluding hydrogens is 247 g/mol. The molecule has 0 aromatic heterocycles. The van der Waals surface area contributed by atoms with Crippen LogP contribution in [-0.2, 0) is 4.79 Å². The number of nitrogens with zero attached hydrogens (tertiary/aromatic N) is 1. The van der Waals surface area contributed by atoms with E-state index >= 15 is 0 Å². The Bertz CT molecular complexity index is 441. The Morgan fingerprint density at radius 3 is 2.63 bits per heavy atom. The number of aliphatic hydroxyl groups is 1. The highest BCUT2D eigenvalue weighted by Gasteiger charge is 2.40. The van der Waals surface area contributed by atoms with Crippen molar-refractivity contribution in [3.63, 3.8) is 0 Å². The maximum Gasteiger partial charge on any atom is 0.238 e. The van der Waals surface area contributed by atoms with Gasteiger partial charge in [-0.2, -0.15) is 0 Å². The van der Waals surface area contributed by atoms with E-state index in [9.17, 15) is 14.3 Å². The van der Waals surface area contributed by atoms with E-state index in [1.54, 1.807) is 0 Å². The zero-order valence-corrected chi connectivity index (χ0v) is 11.0. The van der Waals surface area contributed by atoms with E-state index in [1.165, 1.54) is 24.3 Å². The molecule has 0 aliphatic carbocycles. The van der Waals surface area contributed by atoms with E-state index in [4.69, 9.17) is 0 Å². The fraction of sp³-hybridized carbons (Fsp3) is 0.500. The van der Waals surface area contributed by atoms with Crippen LogP contribution in [0.4, 0.5) is 10.1 Å². The van der Waals surface area contributed by atoms with Crippen molar-refractivity contribution < 1.29 is 14.3 Å². The highest BCUT2D eigenvalue weighted by Crippen LogP contribution is 2.25. The molecular formula is C14H19FN2O2. The van der Waals surface area contributed by atoms with Gasteiger partial charge in [0.1, 0.15) is 5.82 Å². The highest BCUT2D eigenvalue weighted by atomic mass is 19.1. The van der Waals surface area contributed by atoms with E-state index in [0.29, 0.717) is 18.8 Å². The lowest BCUT2D eigenvalue weighted by Gasteiger charge is -2.46. The molecule has 2 N–H and O–H groups in total. The van der Waals surface area contributed by atoms with E-state index in [2.05, 4.69) is 5.32 Å². The minimum Gasteiger partial charge on any atom is -0.387 e. The largest absolute Gasteiger partial charge is 0.387 e. The number of hydrogen-bond acceptors (Lipinski definition) is 3. The number of rotatable bonds is 5. The third-order valence-electron chi connectivity index (χ3n) is 3.25. The number of anilines is 1. The molecule has 5 heteroatoms. The van der Waals surface area contributed by atoms with Crippen molar-refractivity contribution >= 4 is 11.6 Å². The van der Waals surface area contributed by atoms with Crippen LogP contribution in [0.1, 0.15) is 19.8 Å². The van der Waals surface area contributed by atoms with Gasteiger partial charge in [0, 0.05) is 18.8 Å². The van der Waals surface area contributed by atoms with Gasteiger partial charge in [-0.05, 0) is 30.7 Å². The highest BCUT2D eigenvalue weighted by molar-refractivity contribution is 5.92. The minimum atomic E-state index is -0.620. The van der Waals surface area contributed by atoms with Crippen molar-refractivity contribution in [1.29, 1.82) is 0 Å². The van der Waals surface area contributed by atoms with Crippen molar-refractivity contribution in [1.82, 2.24) is 4.90 Å². The van der Waals surface area contributed by atoms with Crippen LogP contribution in [0.5, 0.6) is 0 Å². The summed E-state index contributed by atoms with van der Waals surface area (Å²) in [6.45, 7) is 3.36. The van der Waals surface area contributed by atoms with E-state index < -0.39 is 5.60 Å². The molecule has 0 saturated carbocycles. The quantitative estimate of drug-likeness (QED) is 0.851. The van der Waals surface area contributed by atoms with Gasteiger partial charge >= 0.3 is 0 Å². The summed E-state index contributed by atoms with van der Waals surface area (Å²) in [5.41, 5.74) is -0.0407. The van der Waals surface area contributed by atoms with Crippen molar-refractivity contribution in [3.8, 4) is 0 Å². The first-order chi connectivity index (χ1) is 9.00. The average molecular weight is 266 g/mol. The minimum absolute atomic E-state index is 0.148. The third kappa shape index (κ3) is 3.75. The predicted octanol–water partition coefficient (Wildman–Crippen LogP) is 1.61. The second-order valence-corrected chi connectivity index (χ2v) is 5.17. The summed E-state index contributed by atoms with van der Waals surface area (Å²) in [4.78, 5) is 13.6. The van der Waals surface area contributed by atoms with Crippen molar-refractivity contribution in [3.05, 3.63) is 30.1 Å².